The summed E-state index contributed by atoms with van der Waals surface area (Å²) in [6, 6.07) is 4.73. The van der Waals surface area contributed by atoms with Gasteiger partial charge in [-0.2, -0.15) is 0 Å². The fourth-order valence-electron chi connectivity index (χ4n) is 1.51. The van der Waals surface area contributed by atoms with Crippen molar-refractivity contribution in [3.63, 3.8) is 0 Å². The van der Waals surface area contributed by atoms with Crippen LogP contribution in [0.15, 0.2) is 18.2 Å². The molecular formula is C12H16INO4. The molecule has 0 fully saturated rings. The van der Waals surface area contributed by atoms with Crippen molar-refractivity contribution in [1.82, 2.24) is 4.90 Å². The van der Waals surface area contributed by atoms with Crippen LogP contribution in [0, 0.1) is 3.57 Å². The largest absolute Gasteiger partial charge is 0.507 e. The van der Waals surface area contributed by atoms with Gasteiger partial charge in [-0.1, -0.05) is 0 Å². The molecule has 6 heteroatoms. The number of aliphatic hydroxyl groups excluding tert-OH is 1. The van der Waals surface area contributed by atoms with Gasteiger partial charge in [0.05, 0.1) is 16.3 Å². The van der Waals surface area contributed by atoms with E-state index in [-0.39, 0.29) is 24.8 Å². The van der Waals surface area contributed by atoms with E-state index in [4.69, 9.17) is 4.74 Å². The predicted octanol–water partition coefficient (Wildman–Crippen LogP) is 1.08. The molecule has 0 saturated carbocycles. The molecule has 1 atom stereocenters. The Balaban J connectivity index is 2.71. The lowest BCUT2D eigenvalue weighted by molar-refractivity contribution is 0.0380. The number of hydrogen-bond acceptors (Lipinski definition) is 4. The van der Waals surface area contributed by atoms with Gasteiger partial charge in [0.15, 0.2) is 0 Å². The van der Waals surface area contributed by atoms with E-state index in [0.717, 1.165) is 0 Å². The van der Waals surface area contributed by atoms with Gasteiger partial charge in [0.25, 0.3) is 5.91 Å². The number of likely N-dealkylation sites (N-methyl/N-ethyl adjacent to an activating group) is 1. The van der Waals surface area contributed by atoms with E-state index in [1.165, 1.54) is 18.1 Å². The van der Waals surface area contributed by atoms with Gasteiger partial charge >= 0.3 is 0 Å². The lowest BCUT2D eigenvalue weighted by atomic mass is 10.2. The second-order valence-corrected chi connectivity index (χ2v) is 5.12. The molecule has 5 nitrogen and oxygen atoms in total. The van der Waals surface area contributed by atoms with Crippen LogP contribution in [0.3, 0.4) is 0 Å². The van der Waals surface area contributed by atoms with Crippen LogP contribution in [0.5, 0.6) is 5.75 Å². The number of nitrogens with zero attached hydrogens (tertiary/aromatic N) is 1. The summed E-state index contributed by atoms with van der Waals surface area (Å²) in [4.78, 5) is 13.4. The van der Waals surface area contributed by atoms with E-state index in [0.29, 0.717) is 9.13 Å². The Bertz CT molecular complexity index is 425. The number of rotatable bonds is 5. The van der Waals surface area contributed by atoms with E-state index in [1.54, 1.807) is 19.2 Å². The van der Waals surface area contributed by atoms with Gasteiger partial charge < -0.3 is 19.8 Å². The first-order valence-electron chi connectivity index (χ1n) is 5.36. The molecule has 100 valence electrons. The molecule has 2 N–H and O–H groups in total. The summed E-state index contributed by atoms with van der Waals surface area (Å²) in [5, 5.41) is 19.1. The normalized spacial score (nSPS) is 12.2. The summed E-state index contributed by atoms with van der Waals surface area (Å²) in [6.45, 7) is 0.356. The van der Waals surface area contributed by atoms with Crippen LogP contribution in [0.25, 0.3) is 0 Å². The second-order valence-electron chi connectivity index (χ2n) is 3.96. The maximum absolute atomic E-state index is 12.0. The van der Waals surface area contributed by atoms with Gasteiger partial charge in [0, 0.05) is 26.3 Å². The molecule has 0 saturated heterocycles. The van der Waals surface area contributed by atoms with Crippen molar-refractivity contribution >= 4 is 28.5 Å². The molecule has 18 heavy (non-hydrogen) atoms. The number of benzene rings is 1. The van der Waals surface area contributed by atoms with Crippen LogP contribution in [-0.4, -0.2) is 54.4 Å². The van der Waals surface area contributed by atoms with E-state index in [9.17, 15) is 15.0 Å². The Hall–Kier alpha value is -0.860. The Morgan fingerprint density at radius 2 is 2.22 bits per heavy atom. The zero-order valence-electron chi connectivity index (χ0n) is 10.3. The molecule has 0 aliphatic carbocycles. The van der Waals surface area contributed by atoms with Crippen molar-refractivity contribution in [1.29, 1.82) is 0 Å². The average Bonchev–Trinajstić information content (AvgIpc) is 2.32. The third-order valence-electron chi connectivity index (χ3n) is 2.38. The standard InChI is InChI=1S/C12H16INO4/c1-14(6-9(15)7-18-2)12(17)8-3-4-10(13)11(16)5-8/h3-5,9,15-16H,6-7H2,1-2H3. The average molecular weight is 365 g/mol. The molecule has 0 bridgehead atoms. The van der Waals surface area contributed by atoms with Crippen molar-refractivity contribution in [3.8, 4) is 5.75 Å². The number of phenolic OH excluding ortho intramolecular Hbond substituents is 1. The van der Waals surface area contributed by atoms with Crippen LogP contribution in [-0.2, 0) is 4.74 Å². The molecular weight excluding hydrogens is 349 g/mol. The Morgan fingerprint density at radius 3 is 2.78 bits per heavy atom. The quantitative estimate of drug-likeness (QED) is 0.767. The van der Waals surface area contributed by atoms with Crippen molar-refractivity contribution in [2.45, 2.75) is 6.10 Å². The molecule has 0 aliphatic heterocycles. The van der Waals surface area contributed by atoms with E-state index < -0.39 is 6.10 Å². The van der Waals surface area contributed by atoms with Crippen molar-refractivity contribution in [3.05, 3.63) is 27.3 Å². The number of ether oxygens (including phenoxy) is 1. The molecule has 0 radical (unpaired) electrons. The van der Waals surface area contributed by atoms with Gasteiger partial charge in [-0.15, -0.1) is 0 Å². The molecule has 1 aromatic rings. The highest BCUT2D eigenvalue weighted by atomic mass is 127. The molecule has 1 unspecified atom stereocenters. The van der Waals surface area contributed by atoms with Gasteiger partial charge in [-0.05, 0) is 40.8 Å². The van der Waals surface area contributed by atoms with Crippen LogP contribution in [0.4, 0.5) is 0 Å². The molecule has 0 aromatic heterocycles. The first-order chi connectivity index (χ1) is 8.45. The molecule has 0 heterocycles. The van der Waals surface area contributed by atoms with Gasteiger partial charge in [-0.3, -0.25) is 4.79 Å². The zero-order valence-corrected chi connectivity index (χ0v) is 12.4. The number of phenols is 1. The minimum atomic E-state index is -0.721. The number of carbonyl (C=O) groups excluding carboxylic acids is 1. The first-order valence-corrected chi connectivity index (χ1v) is 6.44. The van der Waals surface area contributed by atoms with E-state index >= 15 is 0 Å². The topological polar surface area (TPSA) is 70.0 Å². The molecule has 1 rings (SSSR count). The van der Waals surface area contributed by atoms with Crippen molar-refractivity contribution < 1.29 is 19.7 Å². The van der Waals surface area contributed by atoms with Gasteiger partial charge in [0.2, 0.25) is 0 Å². The number of methoxy groups -OCH3 is 1. The third kappa shape index (κ3) is 4.11. The van der Waals surface area contributed by atoms with Crippen LogP contribution in [0.2, 0.25) is 0 Å². The number of halogens is 1. The summed E-state index contributed by atoms with van der Waals surface area (Å²) < 4.78 is 5.48. The molecule has 1 amide bonds. The highest BCUT2D eigenvalue weighted by Crippen LogP contribution is 2.21. The smallest absolute Gasteiger partial charge is 0.253 e. The number of aliphatic hydroxyl groups is 1. The summed E-state index contributed by atoms with van der Waals surface area (Å²) in [5.74, 6) is -0.177. The zero-order chi connectivity index (χ0) is 13.7. The fourth-order valence-corrected chi connectivity index (χ4v) is 1.85. The second kappa shape index (κ2) is 6.91. The number of aromatic hydroxyl groups is 1. The highest BCUT2D eigenvalue weighted by molar-refractivity contribution is 14.1. The van der Waals surface area contributed by atoms with Crippen molar-refractivity contribution in [2.75, 3.05) is 27.3 Å². The predicted molar refractivity (Wildman–Crippen MR) is 75.7 cm³/mol. The number of carbonyl (C=O) groups is 1. The molecule has 0 aliphatic rings. The first kappa shape index (κ1) is 15.2. The lowest BCUT2D eigenvalue weighted by Gasteiger charge is -2.20. The number of hydrogen-bond donors (Lipinski definition) is 2. The summed E-state index contributed by atoms with van der Waals surface area (Å²) in [5.41, 5.74) is 0.389. The van der Waals surface area contributed by atoms with Crippen LogP contribution < -0.4 is 0 Å². The lowest BCUT2D eigenvalue weighted by Crippen LogP contribution is -2.36. The maximum atomic E-state index is 12.0. The monoisotopic (exact) mass is 365 g/mol. The van der Waals surface area contributed by atoms with Crippen LogP contribution >= 0.6 is 22.6 Å². The summed E-state index contributed by atoms with van der Waals surface area (Å²) >= 11 is 1.98. The van der Waals surface area contributed by atoms with Crippen LogP contribution in [0.1, 0.15) is 10.4 Å². The summed E-state index contributed by atoms with van der Waals surface area (Å²) in [7, 11) is 3.08. The Labute approximate surface area is 120 Å². The number of amides is 1. The third-order valence-corrected chi connectivity index (χ3v) is 3.30. The van der Waals surface area contributed by atoms with E-state index in [2.05, 4.69) is 0 Å². The molecule has 0 spiro atoms. The molecule has 1 aromatic carbocycles. The maximum Gasteiger partial charge on any atom is 0.253 e. The Kier molecular flexibility index (Phi) is 5.83. The van der Waals surface area contributed by atoms with Gasteiger partial charge in [-0.25, -0.2) is 0 Å². The SMILES string of the molecule is COCC(O)CN(C)C(=O)c1ccc(I)c(O)c1. The van der Waals surface area contributed by atoms with E-state index in [1.807, 2.05) is 22.6 Å². The van der Waals surface area contributed by atoms with Gasteiger partial charge in [0.1, 0.15) is 5.75 Å². The summed E-state index contributed by atoms with van der Waals surface area (Å²) in [6.07, 6.45) is -0.721. The minimum Gasteiger partial charge on any atom is -0.507 e. The minimum absolute atomic E-state index is 0.0762. The highest BCUT2D eigenvalue weighted by Gasteiger charge is 2.16. The Morgan fingerprint density at radius 1 is 1.56 bits per heavy atom. The fraction of sp³-hybridized carbons (Fsp3) is 0.417. The van der Waals surface area contributed by atoms with Crippen molar-refractivity contribution in [2.24, 2.45) is 0 Å².